The molecule has 1 aliphatic rings. The topological polar surface area (TPSA) is 42.4 Å². The molecule has 19 heavy (non-hydrogen) atoms. The Morgan fingerprint density at radius 1 is 1.47 bits per heavy atom. The molecule has 1 aromatic heterocycles. The second-order valence-electron chi connectivity index (χ2n) is 4.87. The van der Waals surface area contributed by atoms with Crippen LogP contribution in [0.5, 0.6) is 5.75 Å². The quantitative estimate of drug-likeness (QED) is 0.932. The molecule has 0 radical (unpaired) electrons. The van der Waals surface area contributed by atoms with E-state index in [-0.39, 0.29) is 6.10 Å². The van der Waals surface area contributed by atoms with E-state index in [4.69, 9.17) is 4.74 Å². The molecule has 0 amide bonds. The van der Waals surface area contributed by atoms with Crippen molar-refractivity contribution in [3.05, 3.63) is 45.4 Å². The van der Waals surface area contributed by atoms with Gasteiger partial charge in [-0.3, -0.25) is 0 Å². The highest BCUT2D eigenvalue weighted by atomic mass is 32.1. The molecule has 0 bridgehead atoms. The number of aryl methyl sites for hydroxylation is 2. The van der Waals surface area contributed by atoms with Gasteiger partial charge in [0.25, 0.3) is 0 Å². The van der Waals surface area contributed by atoms with E-state index >= 15 is 0 Å². The fraction of sp³-hybridized carbons (Fsp3) is 0.400. The highest BCUT2D eigenvalue weighted by Gasteiger charge is 2.20. The van der Waals surface area contributed by atoms with E-state index in [1.165, 1.54) is 10.4 Å². The second kappa shape index (κ2) is 5.31. The summed E-state index contributed by atoms with van der Waals surface area (Å²) < 4.78 is 5.79. The lowest BCUT2D eigenvalue weighted by Gasteiger charge is -2.08. The molecule has 1 aromatic carbocycles. The number of hydrogen-bond acceptors (Lipinski definition) is 4. The molecule has 1 aliphatic carbocycles. The fourth-order valence-corrected chi connectivity index (χ4v) is 3.25. The largest absolute Gasteiger partial charge is 0.493 e. The molecule has 1 unspecified atom stereocenters. The maximum atomic E-state index is 9.76. The SMILES string of the molecule is Cc1ncsc1CCOc1ccc2c(c1)CCC2O. The van der Waals surface area contributed by atoms with Gasteiger partial charge in [0.2, 0.25) is 0 Å². The summed E-state index contributed by atoms with van der Waals surface area (Å²) in [4.78, 5) is 5.52. The first-order valence-electron chi connectivity index (χ1n) is 6.56. The Balaban J connectivity index is 1.60. The Kier molecular flexibility index (Phi) is 3.53. The third kappa shape index (κ3) is 2.65. The summed E-state index contributed by atoms with van der Waals surface area (Å²) in [7, 11) is 0. The molecular formula is C15H17NO2S. The third-order valence-corrected chi connectivity index (χ3v) is 4.60. The number of nitrogens with zero attached hydrogens (tertiary/aromatic N) is 1. The van der Waals surface area contributed by atoms with Gasteiger partial charge in [0.05, 0.1) is 23.9 Å². The van der Waals surface area contributed by atoms with Crippen molar-refractivity contribution in [2.75, 3.05) is 6.61 Å². The average molecular weight is 275 g/mol. The van der Waals surface area contributed by atoms with Crippen LogP contribution in [0.25, 0.3) is 0 Å². The number of hydrogen-bond donors (Lipinski definition) is 1. The molecule has 2 aromatic rings. The van der Waals surface area contributed by atoms with E-state index in [1.54, 1.807) is 11.3 Å². The Morgan fingerprint density at radius 3 is 3.16 bits per heavy atom. The predicted molar refractivity (Wildman–Crippen MR) is 75.8 cm³/mol. The van der Waals surface area contributed by atoms with Gasteiger partial charge in [0.1, 0.15) is 5.75 Å². The first-order chi connectivity index (χ1) is 9.24. The van der Waals surface area contributed by atoms with Crippen molar-refractivity contribution in [2.45, 2.75) is 32.3 Å². The lowest BCUT2D eigenvalue weighted by molar-refractivity contribution is 0.180. The van der Waals surface area contributed by atoms with Crippen molar-refractivity contribution in [1.82, 2.24) is 4.98 Å². The second-order valence-corrected chi connectivity index (χ2v) is 5.81. The maximum absolute atomic E-state index is 9.76. The highest BCUT2D eigenvalue weighted by Crippen LogP contribution is 2.33. The number of fused-ring (bicyclic) bond motifs is 1. The Labute approximate surface area is 116 Å². The van der Waals surface area contributed by atoms with Crippen LogP contribution in [-0.2, 0) is 12.8 Å². The maximum Gasteiger partial charge on any atom is 0.119 e. The van der Waals surface area contributed by atoms with Crippen molar-refractivity contribution in [1.29, 1.82) is 0 Å². The number of ether oxygens (including phenoxy) is 1. The van der Waals surface area contributed by atoms with E-state index in [9.17, 15) is 5.11 Å². The van der Waals surface area contributed by atoms with E-state index in [0.29, 0.717) is 6.61 Å². The van der Waals surface area contributed by atoms with Gasteiger partial charge < -0.3 is 9.84 Å². The Morgan fingerprint density at radius 2 is 2.37 bits per heavy atom. The van der Waals surface area contributed by atoms with Crippen LogP contribution in [0.2, 0.25) is 0 Å². The molecule has 100 valence electrons. The van der Waals surface area contributed by atoms with Gasteiger partial charge in [-0.2, -0.15) is 0 Å². The third-order valence-electron chi connectivity index (χ3n) is 3.60. The first kappa shape index (κ1) is 12.6. The zero-order valence-corrected chi connectivity index (χ0v) is 11.7. The van der Waals surface area contributed by atoms with Gasteiger partial charge in [0, 0.05) is 11.3 Å². The first-order valence-corrected chi connectivity index (χ1v) is 7.44. The standard InChI is InChI=1S/C15H17NO2S/c1-10-15(19-9-16-10)6-7-18-12-3-4-13-11(8-12)2-5-14(13)17/h3-4,8-9,14,17H,2,5-7H2,1H3. The molecule has 3 rings (SSSR count). The number of aliphatic hydroxyl groups is 1. The Bertz CT molecular complexity index is 579. The summed E-state index contributed by atoms with van der Waals surface area (Å²) in [6, 6.07) is 6.00. The fourth-order valence-electron chi connectivity index (χ4n) is 2.49. The van der Waals surface area contributed by atoms with Gasteiger partial charge in [-0.1, -0.05) is 6.07 Å². The van der Waals surface area contributed by atoms with Gasteiger partial charge in [-0.05, 0) is 43.0 Å². The van der Waals surface area contributed by atoms with E-state index in [0.717, 1.165) is 36.3 Å². The molecule has 0 saturated heterocycles. The van der Waals surface area contributed by atoms with Crippen molar-refractivity contribution in [2.24, 2.45) is 0 Å². The minimum Gasteiger partial charge on any atom is -0.493 e. The van der Waals surface area contributed by atoms with Crippen LogP contribution in [0, 0.1) is 6.92 Å². The lowest BCUT2D eigenvalue weighted by Crippen LogP contribution is -2.01. The van der Waals surface area contributed by atoms with Crippen LogP contribution in [0.15, 0.2) is 23.7 Å². The number of aliphatic hydroxyl groups excluding tert-OH is 1. The van der Waals surface area contributed by atoms with Gasteiger partial charge in [0.15, 0.2) is 0 Å². The van der Waals surface area contributed by atoms with Crippen molar-refractivity contribution in [3.8, 4) is 5.75 Å². The summed E-state index contributed by atoms with van der Waals surface area (Å²) in [6.07, 6.45) is 2.39. The van der Waals surface area contributed by atoms with Crippen molar-refractivity contribution in [3.63, 3.8) is 0 Å². The highest BCUT2D eigenvalue weighted by molar-refractivity contribution is 7.09. The molecule has 1 N–H and O–H groups in total. The monoisotopic (exact) mass is 275 g/mol. The average Bonchev–Trinajstić information content (AvgIpc) is 2.97. The zero-order chi connectivity index (χ0) is 13.2. The number of rotatable bonds is 4. The van der Waals surface area contributed by atoms with Crippen molar-refractivity contribution >= 4 is 11.3 Å². The number of benzene rings is 1. The molecule has 3 nitrogen and oxygen atoms in total. The van der Waals surface area contributed by atoms with Crippen LogP contribution in [0.1, 0.15) is 34.2 Å². The minimum atomic E-state index is -0.288. The summed E-state index contributed by atoms with van der Waals surface area (Å²) in [6.45, 7) is 2.70. The van der Waals surface area contributed by atoms with Crippen LogP contribution >= 0.6 is 11.3 Å². The van der Waals surface area contributed by atoms with E-state index in [1.807, 2.05) is 24.6 Å². The zero-order valence-electron chi connectivity index (χ0n) is 10.9. The van der Waals surface area contributed by atoms with Gasteiger partial charge >= 0.3 is 0 Å². The van der Waals surface area contributed by atoms with Gasteiger partial charge in [-0.15, -0.1) is 11.3 Å². The van der Waals surface area contributed by atoms with Gasteiger partial charge in [-0.25, -0.2) is 4.98 Å². The molecule has 0 aliphatic heterocycles. The number of aromatic nitrogens is 1. The summed E-state index contributed by atoms with van der Waals surface area (Å²) in [5.74, 6) is 0.898. The molecule has 4 heteroatoms. The van der Waals surface area contributed by atoms with E-state index < -0.39 is 0 Å². The van der Waals surface area contributed by atoms with Crippen LogP contribution in [0.3, 0.4) is 0 Å². The molecule has 0 saturated carbocycles. The minimum absolute atomic E-state index is 0.288. The normalized spacial score (nSPS) is 17.5. The van der Waals surface area contributed by atoms with E-state index in [2.05, 4.69) is 11.1 Å². The number of thiazole rings is 1. The lowest BCUT2D eigenvalue weighted by atomic mass is 10.1. The molecule has 1 atom stereocenters. The Hall–Kier alpha value is -1.39. The van der Waals surface area contributed by atoms with Crippen molar-refractivity contribution < 1.29 is 9.84 Å². The van der Waals surface area contributed by atoms with Crippen LogP contribution in [0.4, 0.5) is 0 Å². The molecule has 1 heterocycles. The smallest absolute Gasteiger partial charge is 0.119 e. The van der Waals surface area contributed by atoms with Crippen LogP contribution < -0.4 is 4.74 Å². The molecule has 0 spiro atoms. The summed E-state index contributed by atoms with van der Waals surface area (Å²) >= 11 is 1.68. The summed E-state index contributed by atoms with van der Waals surface area (Å²) in [5, 5.41) is 9.76. The predicted octanol–water partition coefficient (Wildman–Crippen LogP) is 3.05. The molecule has 0 fully saturated rings. The van der Waals surface area contributed by atoms with Crippen LogP contribution in [-0.4, -0.2) is 16.7 Å². The summed E-state index contributed by atoms with van der Waals surface area (Å²) in [5.41, 5.74) is 5.26. The molecular weight excluding hydrogens is 258 g/mol.